The lowest BCUT2D eigenvalue weighted by Gasteiger charge is -2.04. The Balaban J connectivity index is 1.96. The van der Waals surface area contributed by atoms with Crippen molar-refractivity contribution < 1.29 is 5.11 Å². The van der Waals surface area contributed by atoms with Crippen molar-refractivity contribution in [2.45, 2.75) is 39.0 Å². The first-order valence-electron chi connectivity index (χ1n) is 7.04. The molecule has 2 heteroatoms. The van der Waals surface area contributed by atoms with E-state index in [0.29, 0.717) is 0 Å². The summed E-state index contributed by atoms with van der Waals surface area (Å²) in [4.78, 5) is 4.50. The number of pyridine rings is 1. The average molecular weight is 255 g/mol. The predicted octanol–water partition coefficient (Wildman–Crippen LogP) is 4.58. The van der Waals surface area contributed by atoms with Gasteiger partial charge in [0.1, 0.15) is 5.75 Å². The predicted molar refractivity (Wildman–Crippen MR) is 79.2 cm³/mol. The fourth-order valence-electron chi connectivity index (χ4n) is 2.13. The van der Waals surface area contributed by atoms with E-state index in [2.05, 4.69) is 24.0 Å². The number of phenolic OH excluding ortho intramolecular Hbond substituents is 1. The third kappa shape index (κ3) is 4.09. The molecule has 0 amide bonds. The van der Waals surface area contributed by atoms with Crippen LogP contribution in [0.5, 0.6) is 5.75 Å². The summed E-state index contributed by atoms with van der Waals surface area (Å²) in [6, 6.07) is 11.4. The van der Waals surface area contributed by atoms with Gasteiger partial charge in [0.15, 0.2) is 0 Å². The highest BCUT2D eigenvalue weighted by Gasteiger charge is 2.00. The molecule has 0 aliphatic carbocycles. The number of hydrogen-bond acceptors (Lipinski definition) is 2. The van der Waals surface area contributed by atoms with Gasteiger partial charge in [0.05, 0.1) is 5.69 Å². The molecule has 19 heavy (non-hydrogen) atoms. The van der Waals surface area contributed by atoms with Crippen molar-refractivity contribution in [3.05, 3.63) is 48.2 Å². The van der Waals surface area contributed by atoms with Crippen LogP contribution < -0.4 is 0 Å². The number of hydrogen-bond donors (Lipinski definition) is 1. The first-order chi connectivity index (χ1) is 9.29. The summed E-state index contributed by atoms with van der Waals surface area (Å²) in [5.41, 5.74) is 3.30. The van der Waals surface area contributed by atoms with Gasteiger partial charge in [-0.25, -0.2) is 0 Å². The smallest absolute Gasteiger partial charge is 0.115 e. The molecule has 1 heterocycles. The number of aryl methyl sites for hydroxylation is 1. The molecule has 1 aromatic heterocycles. The summed E-state index contributed by atoms with van der Waals surface area (Å²) in [7, 11) is 0. The Morgan fingerprint density at radius 1 is 0.947 bits per heavy atom. The maximum absolute atomic E-state index is 9.27. The Morgan fingerprint density at radius 3 is 2.37 bits per heavy atom. The Hall–Kier alpha value is -1.83. The van der Waals surface area contributed by atoms with Gasteiger partial charge < -0.3 is 5.11 Å². The zero-order valence-electron chi connectivity index (χ0n) is 11.5. The molecule has 0 bridgehead atoms. The highest BCUT2D eigenvalue weighted by Crippen LogP contribution is 2.20. The first kappa shape index (κ1) is 13.6. The van der Waals surface area contributed by atoms with E-state index in [-0.39, 0.29) is 5.75 Å². The molecule has 0 atom stereocenters. The molecule has 2 rings (SSSR count). The molecule has 2 nitrogen and oxygen atoms in total. The summed E-state index contributed by atoms with van der Waals surface area (Å²) in [6.45, 7) is 2.23. The van der Waals surface area contributed by atoms with Crippen LogP contribution in [0.1, 0.15) is 38.2 Å². The van der Waals surface area contributed by atoms with E-state index in [1.165, 1.54) is 31.2 Å². The van der Waals surface area contributed by atoms with Crippen molar-refractivity contribution in [1.29, 1.82) is 0 Å². The van der Waals surface area contributed by atoms with Crippen molar-refractivity contribution in [3.63, 3.8) is 0 Å². The second-order valence-electron chi connectivity index (χ2n) is 4.91. The minimum absolute atomic E-state index is 0.288. The normalized spacial score (nSPS) is 10.6. The van der Waals surface area contributed by atoms with Crippen molar-refractivity contribution in [2.75, 3.05) is 0 Å². The molecule has 0 unspecified atom stereocenters. The summed E-state index contributed by atoms with van der Waals surface area (Å²) < 4.78 is 0. The van der Waals surface area contributed by atoms with Crippen molar-refractivity contribution >= 4 is 0 Å². The first-order valence-corrected chi connectivity index (χ1v) is 7.04. The number of benzene rings is 1. The molecule has 1 N–H and O–H groups in total. The zero-order chi connectivity index (χ0) is 13.5. The highest BCUT2D eigenvalue weighted by molar-refractivity contribution is 5.59. The lowest BCUT2D eigenvalue weighted by atomic mass is 10.1. The van der Waals surface area contributed by atoms with E-state index < -0.39 is 0 Å². The topological polar surface area (TPSA) is 33.1 Å². The summed E-state index contributed by atoms with van der Waals surface area (Å²) >= 11 is 0. The second kappa shape index (κ2) is 6.93. The molecule has 0 spiro atoms. The van der Waals surface area contributed by atoms with Gasteiger partial charge in [-0.3, -0.25) is 4.98 Å². The third-order valence-corrected chi connectivity index (χ3v) is 3.31. The zero-order valence-corrected chi connectivity index (χ0v) is 11.5. The van der Waals surface area contributed by atoms with Gasteiger partial charge in [-0.2, -0.15) is 0 Å². The Labute approximate surface area is 115 Å². The highest BCUT2D eigenvalue weighted by atomic mass is 16.3. The maximum atomic E-state index is 9.27. The van der Waals surface area contributed by atoms with Gasteiger partial charge >= 0.3 is 0 Å². The van der Waals surface area contributed by atoms with Crippen LogP contribution in [0.15, 0.2) is 42.6 Å². The third-order valence-electron chi connectivity index (χ3n) is 3.31. The number of phenols is 1. The lowest BCUT2D eigenvalue weighted by Crippen LogP contribution is -1.89. The Kier molecular flexibility index (Phi) is 4.96. The fourth-order valence-corrected chi connectivity index (χ4v) is 2.13. The van der Waals surface area contributed by atoms with Gasteiger partial charge in [-0.1, -0.05) is 32.3 Å². The van der Waals surface area contributed by atoms with Gasteiger partial charge in [0.2, 0.25) is 0 Å². The molecule has 0 aliphatic rings. The van der Waals surface area contributed by atoms with E-state index in [1.54, 1.807) is 12.1 Å². The van der Waals surface area contributed by atoms with Crippen LogP contribution in [0.2, 0.25) is 0 Å². The monoisotopic (exact) mass is 255 g/mol. The molecule has 0 radical (unpaired) electrons. The van der Waals surface area contributed by atoms with Gasteiger partial charge in [-0.15, -0.1) is 0 Å². The van der Waals surface area contributed by atoms with E-state index in [4.69, 9.17) is 0 Å². The minimum atomic E-state index is 0.288. The largest absolute Gasteiger partial charge is 0.508 e. The lowest BCUT2D eigenvalue weighted by molar-refractivity contribution is 0.475. The molecular formula is C17H21NO. The van der Waals surface area contributed by atoms with Crippen LogP contribution in [-0.2, 0) is 6.42 Å². The van der Waals surface area contributed by atoms with Crippen LogP contribution in [-0.4, -0.2) is 10.1 Å². The Bertz CT molecular complexity index is 488. The molecule has 2 aromatic rings. The quantitative estimate of drug-likeness (QED) is 0.766. The number of unbranched alkanes of at least 4 members (excludes halogenated alkanes) is 3. The van der Waals surface area contributed by atoms with E-state index in [0.717, 1.165) is 17.7 Å². The molecule has 1 aromatic carbocycles. The standard InChI is InChI=1S/C17H21NO/c1-2-3-4-5-6-14-7-12-17(18-13-14)15-8-10-16(19)11-9-15/h7-13,19H,2-6H2,1H3. The molecule has 100 valence electrons. The van der Waals surface area contributed by atoms with Crippen LogP contribution in [0, 0.1) is 0 Å². The fraction of sp³-hybridized carbons (Fsp3) is 0.353. The molecule has 0 saturated carbocycles. The van der Waals surface area contributed by atoms with Crippen LogP contribution in [0.25, 0.3) is 11.3 Å². The van der Waals surface area contributed by atoms with E-state index >= 15 is 0 Å². The van der Waals surface area contributed by atoms with E-state index in [1.807, 2.05) is 18.3 Å². The van der Waals surface area contributed by atoms with Gasteiger partial charge in [0.25, 0.3) is 0 Å². The molecule has 0 aliphatic heterocycles. The summed E-state index contributed by atoms with van der Waals surface area (Å²) in [5, 5.41) is 9.27. The minimum Gasteiger partial charge on any atom is -0.508 e. The molecule has 0 fully saturated rings. The van der Waals surface area contributed by atoms with Gasteiger partial charge in [-0.05, 0) is 48.7 Å². The van der Waals surface area contributed by atoms with Crippen LogP contribution in [0.3, 0.4) is 0 Å². The summed E-state index contributed by atoms with van der Waals surface area (Å²) in [5.74, 6) is 0.288. The van der Waals surface area contributed by atoms with Crippen molar-refractivity contribution in [1.82, 2.24) is 4.98 Å². The maximum Gasteiger partial charge on any atom is 0.115 e. The van der Waals surface area contributed by atoms with Crippen LogP contribution >= 0.6 is 0 Å². The van der Waals surface area contributed by atoms with E-state index in [9.17, 15) is 5.11 Å². The summed E-state index contributed by atoms with van der Waals surface area (Å²) in [6.07, 6.45) is 8.22. The average Bonchev–Trinajstić information content (AvgIpc) is 2.45. The second-order valence-corrected chi connectivity index (χ2v) is 4.91. The number of aromatic hydroxyl groups is 1. The number of rotatable bonds is 6. The number of nitrogens with zero attached hydrogens (tertiary/aromatic N) is 1. The van der Waals surface area contributed by atoms with Gasteiger partial charge in [0, 0.05) is 11.8 Å². The van der Waals surface area contributed by atoms with Crippen molar-refractivity contribution in [3.8, 4) is 17.0 Å². The van der Waals surface area contributed by atoms with Crippen LogP contribution in [0.4, 0.5) is 0 Å². The SMILES string of the molecule is CCCCCCc1ccc(-c2ccc(O)cc2)nc1. The number of aromatic nitrogens is 1. The molecular weight excluding hydrogens is 234 g/mol. The Morgan fingerprint density at radius 2 is 1.74 bits per heavy atom. The van der Waals surface area contributed by atoms with Crippen molar-refractivity contribution in [2.24, 2.45) is 0 Å². The molecule has 0 saturated heterocycles.